The Labute approximate surface area is 93.7 Å². The van der Waals surface area contributed by atoms with Gasteiger partial charge in [-0.3, -0.25) is 0 Å². The highest BCUT2D eigenvalue weighted by Gasteiger charge is 2.01. The molecule has 0 N–H and O–H groups in total. The lowest BCUT2D eigenvalue weighted by molar-refractivity contribution is 0.292. The molecule has 4 heteroatoms. The molecule has 0 bridgehead atoms. The number of benzene rings is 1. The SMILES string of the molecule is CC(Cl)Oc1ccc(OC(C)Cl)cc1. The van der Waals surface area contributed by atoms with Crippen molar-refractivity contribution in [3.63, 3.8) is 0 Å². The minimum Gasteiger partial charge on any atom is -0.475 e. The number of halogens is 2. The maximum absolute atomic E-state index is 5.66. The summed E-state index contributed by atoms with van der Waals surface area (Å²) in [6, 6.07) is 7.14. The number of rotatable bonds is 4. The van der Waals surface area contributed by atoms with Crippen molar-refractivity contribution in [1.82, 2.24) is 0 Å². The first kappa shape index (κ1) is 11.5. The molecule has 0 aliphatic carbocycles. The van der Waals surface area contributed by atoms with Crippen LogP contribution in [0, 0.1) is 0 Å². The van der Waals surface area contributed by atoms with Gasteiger partial charge in [0.1, 0.15) is 11.5 Å². The van der Waals surface area contributed by atoms with Crippen LogP contribution in [0.25, 0.3) is 0 Å². The molecule has 78 valence electrons. The van der Waals surface area contributed by atoms with Crippen LogP contribution in [0.5, 0.6) is 11.5 Å². The monoisotopic (exact) mass is 234 g/mol. The summed E-state index contributed by atoms with van der Waals surface area (Å²) in [5, 5.41) is 0. The van der Waals surface area contributed by atoms with E-state index in [9.17, 15) is 0 Å². The summed E-state index contributed by atoms with van der Waals surface area (Å²) in [5.41, 5.74) is -0.678. The summed E-state index contributed by atoms with van der Waals surface area (Å²) in [5.74, 6) is 1.42. The van der Waals surface area contributed by atoms with Gasteiger partial charge in [0.2, 0.25) is 0 Å². The van der Waals surface area contributed by atoms with Crippen molar-refractivity contribution >= 4 is 23.2 Å². The van der Waals surface area contributed by atoms with Gasteiger partial charge in [-0.05, 0) is 38.1 Å². The predicted octanol–water partition coefficient (Wildman–Crippen LogP) is 3.61. The molecule has 1 aromatic carbocycles. The van der Waals surface area contributed by atoms with Crippen molar-refractivity contribution in [2.24, 2.45) is 0 Å². The predicted molar refractivity (Wildman–Crippen MR) is 58.3 cm³/mol. The molecule has 2 unspecified atom stereocenters. The average molecular weight is 235 g/mol. The molecule has 0 aliphatic heterocycles. The number of alkyl halides is 2. The van der Waals surface area contributed by atoms with Gasteiger partial charge in [-0.2, -0.15) is 0 Å². The third kappa shape index (κ3) is 4.07. The lowest BCUT2D eigenvalue weighted by Gasteiger charge is -2.10. The van der Waals surface area contributed by atoms with Crippen LogP contribution in [-0.4, -0.2) is 11.1 Å². The van der Waals surface area contributed by atoms with Gasteiger partial charge in [-0.15, -0.1) is 0 Å². The first-order valence-corrected chi connectivity index (χ1v) is 5.17. The Bertz CT molecular complexity index is 241. The second-order valence-electron chi connectivity index (χ2n) is 2.79. The fourth-order valence-electron chi connectivity index (χ4n) is 0.972. The van der Waals surface area contributed by atoms with Gasteiger partial charge in [-0.1, -0.05) is 23.2 Å². The summed E-state index contributed by atoms with van der Waals surface area (Å²) >= 11 is 11.3. The van der Waals surface area contributed by atoms with Gasteiger partial charge in [0.25, 0.3) is 0 Å². The van der Waals surface area contributed by atoms with Crippen LogP contribution in [0.3, 0.4) is 0 Å². The first-order chi connectivity index (χ1) is 6.58. The van der Waals surface area contributed by atoms with E-state index in [-0.39, 0.29) is 11.1 Å². The summed E-state index contributed by atoms with van der Waals surface area (Å²) in [4.78, 5) is 0. The summed E-state index contributed by atoms with van der Waals surface area (Å²) < 4.78 is 10.5. The van der Waals surface area contributed by atoms with Crippen molar-refractivity contribution in [1.29, 1.82) is 0 Å². The lowest BCUT2D eigenvalue weighted by atomic mass is 10.3. The van der Waals surface area contributed by atoms with E-state index in [1.54, 1.807) is 38.1 Å². The van der Waals surface area contributed by atoms with Crippen molar-refractivity contribution < 1.29 is 9.47 Å². The van der Waals surface area contributed by atoms with Gasteiger partial charge < -0.3 is 9.47 Å². The van der Waals surface area contributed by atoms with Gasteiger partial charge >= 0.3 is 0 Å². The molecule has 0 aromatic heterocycles. The molecule has 0 fully saturated rings. The second-order valence-corrected chi connectivity index (χ2v) is 4.02. The third-order valence-corrected chi connectivity index (χ3v) is 1.60. The summed E-state index contributed by atoms with van der Waals surface area (Å²) in [6.45, 7) is 3.51. The fourth-order valence-corrected chi connectivity index (χ4v) is 1.18. The van der Waals surface area contributed by atoms with E-state index < -0.39 is 0 Å². The Kier molecular flexibility index (Phi) is 4.36. The molecule has 1 rings (SSSR count). The smallest absolute Gasteiger partial charge is 0.169 e. The van der Waals surface area contributed by atoms with Crippen molar-refractivity contribution in [2.75, 3.05) is 0 Å². The van der Waals surface area contributed by atoms with Crippen molar-refractivity contribution in [2.45, 2.75) is 25.0 Å². The number of ether oxygens (including phenoxy) is 2. The van der Waals surface area contributed by atoms with Gasteiger partial charge in [-0.25, -0.2) is 0 Å². The molecule has 0 amide bonds. The number of hydrogen-bond acceptors (Lipinski definition) is 2. The van der Waals surface area contributed by atoms with Gasteiger partial charge in [0.15, 0.2) is 11.1 Å². The lowest BCUT2D eigenvalue weighted by Crippen LogP contribution is -2.03. The van der Waals surface area contributed by atoms with Crippen LogP contribution in [0.4, 0.5) is 0 Å². The quantitative estimate of drug-likeness (QED) is 0.742. The molecule has 0 heterocycles. The largest absolute Gasteiger partial charge is 0.475 e. The van der Waals surface area contributed by atoms with Crippen LogP contribution in [0.2, 0.25) is 0 Å². The first-order valence-electron chi connectivity index (χ1n) is 4.29. The minimum atomic E-state index is -0.339. The van der Waals surface area contributed by atoms with E-state index in [2.05, 4.69) is 0 Å². The highest BCUT2D eigenvalue weighted by atomic mass is 35.5. The zero-order chi connectivity index (χ0) is 10.6. The molecule has 14 heavy (non-hydrogen) atoms. The topological polar surface area (TPSA) is 18.5 Å². The molecule has 0 radical (unpaired) electrons. The minimum absolute atomic E-state index is 0.339. The molecule has 0 aliphatic rings. The highest BCUT2D eigenvalue weighted by molar-refractivity contribution is 6.19. The van der Waals surface area contributed by atoms with Crippen LogP contribution >= 0.6 is 23.2 Å². The third-order valence-electron chi connectivity index (χ3n) is 1.42. The Morgan fingerprint density at radius 2 is 1.14 bits per heavy atom. The van der Waals surface area contributed by atoms with Crippen LogP contribution in [0.15, 0.2) is 24.3 Å². The molecule has 2 atom stereocenters. The van der Waals surface area contributed by atoms with E-state index in [4.69, 9.17) is 32.7 Å². The molecule has 0 spiro atoms. The molecular formula is C10H12Cl2O2. The molecule has 0 saturated heterocycles. The zero-order valence-electron chi connectivity index (χ0n) is 8.04. The van der Waals surface area contributed by atoms with Gasteiger partial charge in [0, 0.05) is 0 Å². The van der Waals surface area contributed by atoms with E-state index in [0.29, 0.717) is 11.5 Å². The summed E-state index contributed by atoms with van der Waals surface area (Å²) in [6.07, 6.45) is 0. The van der Waals surface area contributed by atoms with Crippen LogP contribution in [0.1, 0.15) is 13.8 Å². The van der Waals surface area contributed by atoms with Crippen molar-refractivity contribution in [3.05, 3.63) is 24.3 Å². The maximum atomic E-state index is 5.66. The molecular weight excluding hydrogens is 223 g/mol. The van der Waals surface area contributed by atoms with Crippen LogP contribution in [-0.2, 0) is 0 Å². The molecule has 1 aromatic rings. The fraction of sp³-hybridized carbons (Fsp3) is 0.400. The van der Waals surface area contributed by atoms with Crippen LogP contribution < -0.4 is 9.47 Å². The highest BCUT2D eigenvalue weighted by Crippen LogP contribution is 2.20. The van der Waals surface area contributed by atoms with E-state index in [1.807, 2.05) is 0 Å². The summed E-state index contributed by atoms with van der Waals surface area (Å²) in [7, 11) is 0. The van der Waals surface area contributed by atoms with Crippen molar-refractivity contribution in [3.8, 4) is 11.5 Å². The molecule has 2 nitrogen and oxygen atoms in total. The number of hydrogen-bond donors (Lipinski definition) is 0. The standard InChI is InChI=1S/C10H12Cl2O2/c1-7(11)13-9-3-5-10(6-4-9)14-8(2)12/h3-8H,1-2H3. The zero-order valence-corrected chi connectivity index (χ0v) is 9.55. The Morgan fingerprint density at radius 3 is 1.36 bits per heavy atom. The average Bonchev–Trinajstić information content (AvgIpc) is 2.06. The second kappa shape index (κ2) is 5.32. The van der Waals surface area contributed by atoms with Gasteiger partial charge in [0.05, 0.1) is 0 Å². The molecule has 0 saturated carbocycles. The maximum Gasteiger partial charge on any atom is 0.169 e. The van der Waals surface area contributed by atoms with E-state index in [1.165, 1.54) is 0 Å². The Morgan fingerprint density at radius 1 is 0.857 bits per heavy atom. The Balaban J connectivity index is 2.59. The normalized spacial score (nSPS) is 14.6. The van der Waals surface area contributed by atoms with E-state index >= 15 is 0 Å². The Hall–Kier alpha value is -0.600. The van der Waals surface area contributed by atoms with E-state index in [0.717, 1.165) is 0 Å².